The molecule has 4 aromatic rings. The van der Waals surface area contributed by atoms with E-state index in [2.05, 4.69) is 92.0 Å². The Bertz CT molecular complexity index is 1710. The average molecular weight is 530 g/mol. The molecular formula is C36H31F2N2+. The molecule has 4 heteroatoms. The summed E-state index contributed by atoms with van der Waals surface area (Å²) < 4.78 is 28.8. The second kappa shape index (κ2) is 11.2. The third kappa shape index (κ3) is 5.68. The Kier molecular flexibility index (Phi) is 7.54. The van der Waals surface area contributed by atoms with Crippen LogP contribution in [0.15, 0.2) is 72.8 Å². The maximum absolute atomic E-state index is 13.2. The number of hydrogen-bond donors (Lipinski definition) is 0. The second-order valence-electron chi connectivity index (χ2n) is 10.3. The summed E-state index contributed by atoms with van der Waals surface area (Å²) in [6.45, 7) is 12.5. The van der Waals surface area contributed by atoms with Crippen molar-refractivity contribution in [1.82, 2.24) is 0 Å². The van der Waals surface area contributed by atoms with E-state index >= 15 is 0 Å². The van der Waals surface area contributed by atoms with Crippen LogP contribution in [0.4, 0.5) is 20.2 Å². The minimum Gasteiger partial charge on any atom is -0.227 e. The van der Waals surface area contributed by atoms with E-state index < -0.39 is 0 Å². The monoisotopic (exact) mass is 529 g/mol. The van der Waals surface area contributed by atoms with Crippen LogP contribution in [-0.4, -0.2) is 23.5 Å². The van der Waals surface area contributed by atoms with E-state index in [1.54, 1.807) is 24.3 Å². The molecule has 0 atom stereocenters. The van der Waals surface area contributed by atoms with Crippen molar-refractivity contribution >= 4 is 17.2 Å². The zero-order valence-electron chi connectivity index (χ0n) is 23.5. The highest BCUT2D eigenvalue weighted by Crippen LogP contribution is 2.32. The molecule has 0 N–H and O–H groups in total. The summed E-state index contributed by atoms with van der Waals surface area (Å²) in [6, 6.07) is 21.0. The van der Waals surface area contributed by atoms with Crippen molar-refractivity contribution < 1.29 is 13.4 Å². The van der Waals surface area contributed by atoms with Gasteiger partial charge in [0.2, 0.25) is 0 Å². The van der Waals surface area contributed by atoms with Crippen LogP contribution in [0.5, 0.6) is 0 Å². The molecule has 0 saturated heterocycles. The molecule has 0 aliphatic carbocycles. The highest BCUT2D eigenvalue weighted by Gasteiger charge is 2.33. The summed E-state index contributed by atoms with van der Waals surface area (Å²) in [5.74, 6) is 13.4. The third-order valence-electron chi connectivity index (χ3n) is 7.24. The van der Waals surface area contributed by atoms with Gasteiger partial charge in [-0.15, -0.1) is 0 Å². The van der Waals surface area contributed by atoms with Crippen LogP contribution >= 0.6 is 0 Å². The fourth-order valence-corrected chi connectivity index (χ4v) is 5.48. The molecule has 0 saturated carbocycles. The van der Waals surface area contributed by atoms with Gasteiger partial charge in [-0.2, -0.15) is 0 Å². The fraction of sp³-hybridized carbons (Fsp3) is 0.194. The summed E-state index contributed by atoms with van der Waals surface area (Å²) in [6.07, 6.45) is 0. The van der Waals surface area contributed by atoms with Gasteiger partial charge >= 0.3 is 0 Å². The lowest BCUT2D eigenvalue weighted by atomic mass is 10.0. The molecule has 0 fully saturated rings. The first-order chi connectivity index (χ1) is 19.2. The molecule has 0 spiro atoms. The van der Waals surface area contributed by atoms with Gasteiger partial charge in [-0.25, -0.2) is 18.3 Å². The Morgan fingerprint density at radius 3 is 1.43 bits per heavy atom. The number of aryl methyl sites for hydroxylation is 4. The first-order valence-corrected chi connectivity index (χ1v) is 13.4. The van der Waals surface area contributed by atoms with Crippen molar-refractivity contribution in [2.75, 3.05) is 18.0 Å². The molecule has 40 heavy (non-hydrogen) atoms. The molecule has 198 valence electrons. The topological polar surface area (TPSA) is 6.25 Å². The number of amidine groups is 1. The van der Waals surface area contributed by atoms with Gasteiger partial charge in [0.25, 0.3) is 5.84 Å². The van der Waals surface area contributed by atoms with E-state index in [1.807, 2.05) is 0 Å². The number of rotatable bonds is 2. The van der Waals surface area contributed by atoms with Crippen molar-refractivity contribution in [3.8, 4) is 23.7 Å². The van der Waals surface area contributed by atoms with E-state index in [-0.39, 0.29) is 11.6 Å². The van der Waals surface area contributed by atoms with Crippen LogP contribution in [0.25, 0.3) is 0 Å². The van der Waals surface area contributed by atoms with E-state index in [9.17, 15) is 8.78 Å². The normalized spacial score (nSPS) is 12.6. The number of halogens is 2. The molecule has 0 radical (unpaired) electrons. The summed E-state index contributed by atoms with van der Waals surface area (Å²) in [5, 5.41) is 0. The van der Waals surface area contributed by atoms with Crippen LogP contribution in [0.3, 0.4) is 0 Å². The summed E-state index contributed by atoms with van der Waals surface area (Å²) in [5.41, 5.74) is 10.6. The standard InChI is InChI=1S/C36H31F2N2/c1-24-20-31(8-6-29-10-14-33(37)15-11-29)21-25(2)35(24)39-18-19-40(28(39)5)36-26(3)22-32(23-27(36)4)9-7-30-12-16-34(38)17-13-30/h10-17,20-23H,18-19H2,1-5H3/q+1. The van der Waals surface area contributed by atoms with Gasteiger partial charge in [0.15, 0.2) is 0 Å². The van der Waals surface area contributed by atoms with Gasteiger partial charge in [0.05, 0.1) is 0 Å². The Labute approximate surface area is 235 Å². The van der Waals surface area contributed by atoms with Crippen LogP contribution in [0.1, 0.15) is 51.4 Å². The van der Waals surface area contributed by atoms with Gasteiger partial charge in [0.1, 0.15) is 36.1 Å². The number of benzene rings is 4. The molecule has 5 rings (SSSR count). The molecule has 0 amide bonds. The maximum Gasteiger partial charge on any atom is 0.254 e. The van der Waals surface area contributed by atoms with E-state index in [0.717, 1.165) is 35.3 Å². The molecule has 0 aromatic heterocycles. The minimum atomic E-state index is -0.260. The quantitative estimate of drug-likeness (QED) is 0.192. The summed E-state index contributed by atoms with van der Waals surface area (Å²) >= 11 is 0. The van der Waals surface area contributed by atoms with Crippen molar-refractivity contribution in [1.29, 1.82) is 0 Å². The third-order valence-corrected chi connectivity index (χ3v) is 7.24. The van der Waals surface area contributed by atoms with Crippen molar-refractivity contribution in [2.24, 2.45) is 0 Å². The Balaban J connectivity index is 1.43. The zero-order valence-corrected chi connectivity index (χ0v) is 23.5. The van der Waals surface area contributed by atoms with Crippen LogP contribution < -0.4 is 4.90 Å². The molecule has 0 bridgehead atoms. The van der Waals surface area contributed by atoms with E-state index in [0.29, 0.717) is 0 Å². The van der Waals surface area contributed by atoms with E-state index in [1.165, 1.54) is 63.7 Å². The first kappa shape index (κ1) is 26.9. The largest absolute Gasteiger partial charge is 0.254 e. The smallest absolute Gasteiger partial charge is 0.227 e. The van der Waals surface area contributed by atoms with Crippen LogP contribution in [0, 0.1) is 63.0 Å². The van der Waals surface area contributed by atoms with Gasteiger partial charge in [-0.05, 0) is 123 Å². The lowest BCUT2D eigenvalue weighted by Crippen LogP contribution is -2.27. The lowest BCUT2D eigenvalue weighted by molar-refractivity contribution is -0.430. The van der Waals surface area contributed by atoms with Crippen molar-refractivity contribution in [3.63, 3.8) is 0 Å². The summed E-state index contributed by atoms with van der Waals surface area (Å²) in [4.78, 5) is 2.39. The Hall–Kier alpha value is -4.67. The fourth-order valence-electron chi connectivity index (χ4n) is 5.48. The highest BCUT2D eigenvalue weighted by molar-refractivity contribution is 5.96. The predicted molar refractivity (Wildman–Crippen MR) is 159 cm³/mol. The SMILES string of the molecule is CC1=[N+](c2c(C)cc(C#Cc3ccc(F)cc3)cc2C)CCN1c1c(C)cc(C#Cc2ccc(F)cc2)cc1C. The van der Waals surface area contributed by atoms with E-state index in [4.69, 9.17) is 0 Å². The molecule has 1 aliphatic heterocycles. The number of anilines is 1. The molecule has 0 unspecified atom stereocenters. The van der Waals surface area contributed by atoms with Gasteiger partial charge in [-0.3, -0.25) is 0 Å². The lowest BCUT2D eigenvalue weighted by Gasteiger charge is -2.17. The Morgan fingerprint density at radius 2 is 0.975 bits per heavy atom. The minimum absolute atomic E-state index is 0.260. The van der Waals surface area contributed by atoms with Crippen molar-refractivity contribution in [3.05, 3.63) is 129 Å². The van der Waals surface area contributed by atoms with Gasteiger partial charge in [0, 0.05) is 29.2 Å². The predicted octanol–water partition coefficient (Wildman–Crippen LogP) is 7.58. The van der Waals surface area contributed by atoms with Gasteiger partial charge in [-0.1, -0.05) is 23.7 Å². The van der Waals surface area contributed by atoms with Crippen molar-refractivity contribution in [2.45, 2.75) is 34.6 Å². The zero-order chi connectivity index (χ0) is 28.4. The highest BCUT2D eigenvalue weighted by atomic mass is 19.1. The Morgan fingerprint density at radius 1 is 0.575 bits per heavy atom. The molecule has 1 heterocycles. The average Bonchev–Trinajstić information content (AvgIpc) is 3.27. The number of nitrogens with zero attached hydrogens (tertiary/aromatic N) is 2. The van der Waals surface area contributed by atoms with Crippen LogP contribution in [0.2, 0.25) is 0 Å². The van der Waals surface area contributed by atoms with Gasteiger partial charge < -0.3 is 0 Å². The summed E-state index contributed by atoms with van der Waals surface area (Å²) in [7, 11) is 0. The molecule has 1 aliphatic rings. The second-order valence-corrected chi connectivity index (χ2v) is 10.3. The first-order valence-electron chi connectivity index (χ1n) is 13.4. The molecule has 4 aromatic carbocycles. The maximum atomic E-state index is 13.2. The molecular weight excluding hydrogens is 498 g/mol. The van der Waals surface area contributed by atoms with Crippen LogP contribution in [-0.2, 0) is 0 Å². The molecule has 2 nitrogen and oxygen atoms in total. The number of hydrogen-bond acceptors (Lipinski definition) is 1.